The van der Waals surface area contributed by atoms with Gasteiger partial charge in [-0.3, -0.25) is 5.43 Å². The quantitative estimate of drug-likeness (QED) is 0.356. The number of allylic oxidation sites excluding steroid dienone is 1. The molecule has 3 aromatic rings. The fourth-order valence-electron chi connectivity index (χ4n) is 5.17. The Morgan fingerprint density at radius 2 is 1.78 bits per heavy atom. The molecule has 36 heavy (non-hydrogen) atoms. The third kappa shape index (κ3) is 4.66. The van der Waals surface area contributed by atoms with Crippen LogP contribution in [-0.4, -0.2) is 24.8 Å². The molecule has 1 N–H and O–H groups in total. The van der Waals surface area contributed by atoms with Crippen LogP contribution >= 0.6 is 11.3 Å². The van der Waals surface area contributed by atoms with Crippen LogP contribution in [0.25, 0.3) is 17.3 Å². The summed E-state index contributed by atoms with van der Waals surface area (Å²) in [6, 6.07) is 13.6. The molecule has 188 valence electrons. The number of hydrogen-bond donors (Lipinski definition) is 1. The van der Waals surface area contributed by atoms with Gasteiger partial charge in [0.2, 0.25) is 5.13 Å². The van der Waals surface area contributed by atoms with E-state index >= 15 is 0 Å². The summed E-state index contributed by atoms with van der Waals surface area (Å²) in [4.78, 5) is 6.64. The Labute approximate surface area is 213 Å². The van der Waals surface area contributed by atoms with E-state index in [0.29, 0.717) is 28.2 Å². The zero-order chi connectivity index (χ0) is 25.7. The number of hydrazone groups is 1. The highest BCUT2D eigenvalue weighted by molar-refractivity contribution is 7.14. The molecule has 4 nitrogen and oxygen atoms in total. The second kappa shape index (κ2) is 9.07. The zero-order valence-corrected chi connectivity index (χ0v) is 21.5. The highest BCUT2D eigenvalue weighted by Gasteiger charge is 2.54. The lowest BCUT2D eigenvalue weighted by Gasteiger charge is -2.57. The van der Waals surface area contributed by atoms with Gasteiger partial charge < -0.3 is 4.90 Å². The van der Waals surface area contributed by atoms with Crippen LogP contribution in [0.3, 0.4) is 0 Å². The Kier molecular flexibility index (Phi) is 6.19. The van der Waals surface area contributed by atoms with E-state index in [1.165, 1.54) is 29.0 Å². The van der Waals surface area contributed by atoms with Crippen molar-refractivity contribution in [2.24, 2.45) is 22.4 Å². The van der Waals surface area contributed by atoms with Crippen LogP contribution in [0.5, 0.6) is 0 Å². The lowest BCUT2D eigenvalue weighted by Crippen LogP contribution is -2.53. The first-order valence-electron chi connectivity index (χ1n) is 12.0. The number of hydrogen-bond acceptors (Lipinski definition) is 5. The molecule has 2 unspecified atom stereocenters. The van der Waals surface area contributed by atoms with E-state index in [0.717, 1.165) is 41.9 Å². The summed E-state index contributed by atoms with van der Waals surface area (Å²) in [5, 5.41) is 7.28. The van der Waals surface area contributed by atoms with Gasteiger partial charge in [0.1, 0.15) is 0 Å². The molecule has 2 bridgehead atoms. The highest BCUT2D eigenvalue weighted by atomic mass is 32.1. The van der Waals surface area contributed by atoms with Crippen LogP contribution in [0.2, 0.25) is 0 Å². The van der Waals surface area contributed by atoms with E-state index in [9.17, 15) is 13.2 Å². The van der Waals surface area contributed by atoms with Crippen molar-refractivity contribution in [3.63, 3.8) is 0 Å². The molecular weight excluding hydrogens is 481 g/mol. The van der Waals surface area contributed by atoms with Crippen LogP contribution in [0.4, 0.5) is 24.0 Å². The predicted octanol–water partition coefficient (Wildman–Crippen LogP) is 7.81. The summed E-state index contributed by atoms with van der Waals surface area (Å²) in [6.07, 6.45) is 0.0222. The first-order valence-corrected chi connectivity index (χ1v) is 12.9. The number of nitrogens with one attached hydrogen (secondary N) is 1. The molecule has 3 saturated carbocycles. The van der Waals surface area contributed by atoms with Gasteiger partial charge >= 0.3 is 6.18 Å². The topological polar surface area (TPSA) is 40.5 Å². The van der Waals surface area contributed by atoms with Crippen molar-refractivity contribution >= 4 is 33.9 Å². The van der Waals surface area contributed by atoms with Gasteiger partial charge in [-0.15, -0.1) is 11.3 Å². The van der Waals surface area contributed by atoms with Crippen molar-refractivity contribution in [3.8, 4) is 11.3 Å². The first kappa shape index (κ1) is 24.6. The van der Waals surface area contributed by atoms with E-state index in [-0.39, 0.29) is 5.41 Å². The van der Waals surface area contributed by atoms with Gasteiger partial charge in [-0.2, -0.15) is 18.3 Å². The number of alkyl halides is 3. The smallest absolute Gasteiger partial charge is 0.378 e. The lowest BCUT2D eigenvalue weighted by molar-refractivity contribution is -0.137. The number of aromatic nitrogens is 1. The minimum absolute atomic E-state index is 0.209. The Balaban J connectivity index is 1.37. The number of anilines is 2. The third-order valence-corrected chi connectivity index (χ3v) is 8.38. The van der Waals surface area contributed by atoms with Crippen molar-refractivity contribution in [3.05, 3.63) is 70.6 Å². The van der Waals surface area contributed by atoms with Crippen molar-refractivity contribution in [1.29, 1.82) is 0 Å². The summed E-state index contributed by atoms with van der Waals surface area (Å²) in [6.45, 7) is 4.63. The van der Waals surface area contributed by atoms with E-state index in [1.54, 1.807) is 0 Å². The molecule has 2 aromatic carbocycles. The normalized spacial score (nSPS) is 23.0. The number of halogens is 3. The Morgan fingerprint density at radius 1 is 1.08 bits per heavy atom. The standard InChI is InChI=1S/C28H29F3N4S/c1-27(2)21-14-19(13-17-5-11-22(12-6-17)35(3)4)25(23(27)15-21)33-34-26-32-24(16-36-26)18-7-9-20(10-8-18)28(29,30)31/h5-13,16,21,23H,14-15H2,1-4H3,(H,32,34). The van der Waals surface area contributed by atoms with Crippen LogP contribution in [-0.2, 0) is 6.18 Å². The van der Waals surface area contributed by atoms with Crippen LogP contribution < -0.4 is 10.3 Å². The fourth-order valence-corrected chi connectivity index (χ4v) is 5.83. The second-order valence-electron chi connectivity index (χ2n) is 10.4. The maximum atomic E-state index is 12.9. The summed E-state index contributed by atoms with van der Waals surface area (Å²) in [7, 11) is 4.06. The molecule has 8 heteroatoms. The third-order valence-electron chi connectivity index (χ3n) is 7.63. The van der Waals surface area contributed by atoms with Crippen molar-refractivity contribution in [2.75, 3.05) is 24.4 Å². The van der Waals surface area contributed by atoms with Crippen LogP contribution in [0.15, 0.2) is 64.6 Å². The zero-order valence-electron chi connectivity index (χ0n) is 20.7. The van der Waals surface area contributed by atoms with Crippen molar-refractivity contribution in [2.45, 2.75) is 32.9 Å². The first-order chi connectivity index (χ1) is 17.0. The maximum Gasteiger partial charge on any atom is 0.416 e. The van der Waals surface area contributed by atoms with Gasteiger partial charge in [-0.1, -0.05) is 38.1 Å². The van der Waals surface area contributed by atoms with Crippen molar-refractivity contribution < 1.29 is 13.2 Å². The number of nitrogens with zero attached hydrogens (tertiary/aromatic N) is 3. The molecule has 0 saturated heterocycles. The summed E-state index contributed by atoms with van der Waals surface area (Å²) in [5.41, 5.74) is 8.59. The minimum atomic E-state index is -4.35. The maximum absolute atomic E-state index is 12.9. The SMILES string of the molecule is CN(C)c1ccc(C=C2CC3CC(C2=NNc2nc(-c4ccc(C(F)(F)F)cc4)cs2)C3(C)C)cc1. The summed E-state index contributed by atoms with van der Waals surface area (Å²) >= 11 is 1.39. The summed E-state index contributed by atoms with van der Waals surface area (Å²) in [5.74, 6) is 1.03. The summed E-state index contributed by atoms with van der Waals surface area (Å²) < 4.78 is 38.6. The molecule has 0 spiro atoms. The molecule has 1 heterocycles. The molecule has 3 fully saturated rings. The van der Waals surface area contributed by atoms with E-state index in [1.807, 2.05) is 19.5 Å². The van der Waals surface area contributed by atoms with Gasteiger partial charge in [0, 0.05) is 36.6 Å². The van der Waals surface area contributed by atoms with E-state index in [2.05, 4.69) is 59.5 Å². The average molecular weight is 511 g/mol. The molecule has 3 aliphatic rings. The average Bonchev–Trinajstić information content (AvgIpc) is 3.32. The molecule has 2 atom stereocenters. The van der Waals surface area contributed by atoms with E-state index < -0.39 is 11.7 Å². The second-order valence-corrected chi connectivity index (χ2v) is 11.2. The monoisotopic (exact) mass is 510 g/mol. The van der Waals surface area contributed by atoms with E-state index in [4.69, 9.17) is 5.10 Å². The fraction of sp³-hybridized carbons (Fsp3) is 0.357. The van der Waals surface area contributed by atoms with Gasteiger partial charge in [0.15, 0.2) is 0 Å². The molecule has 0 amide bonds. The van der Waals surface area contributed by atoms with Gasteiger partial charge in [0.25, 0.3) is 0 Å². The Bertz CT molecular complexity index is 1300. The van der Waals surface area contributed by atoms with Gasteiger partial charge in [0.05, 0.1) is 17.0 Å². The number of thiazole rings is 1. The van der Waals surface area contributed by atoms with Gasteiger partial charge in [-0.25, -0.2) is 4.98 Å². The molecule has 0 radical (unpaired) electrons. The number of rotatable bonds is 5. The van der Waals surface area contributed by atoms with Crippen LogP contribution in [0.1, 0.15) is 37.8 Å². The van der Waals surface area contributed by atoms with Gasteiger partial charge in [-0.05, 0) is 65.7 Å². The predicted molar refractivity (Wildman–Crippen MR) is 142 cm³/mol. The molecular formula is C28H29F3N4S. The highest BCUT2D eigenvalue weighted by Crippen LogP contribution is 2.59. The number of benzene rings is 2. The molecule has 3 aliphatic carbocycles. The largest absolute Gasteiger partial charge is 0.416 e. The lowest BCUT2D eigenvalue weighted by atomic mass is 9.47. The Hall–Kier alpha value is -3.13. The molecule has 6 rings (SSSR count). The Morgan fingerprint density at radius 3 is 2.39 bits per heavy atom. The van der Waals surface area contributed by atoms with Crippen LogP contribution in [0, 0.1) is 17.3 Å². The molecule has 1 aromatic heterocycles. The number of fused-ring (bicyclic) bond motifs is 2. The minimum Gasteiger partial charge on any atom is -0.378 e. The molecule has 0 aliphatic heterocycles. The van der Waals surface area contributed by atoms with Crippen molar-refractivity contribution in [1.82, 2.24) is 4.98 Å².